The van der Waals surface area contributed by atoms with Crippen molar-refractivity contribution in [2.24, 2.45) is 0 Å². The highest BCUT2D eigenvalue weighted by Crippen LogP contribution is 2.23. The van der Waals surface area contributed by atoms with Crippen molar-refractivity contribution in [3.8, 4) is 0 Å². The molecule has 0 heterocycles. The van der Waals surface area contributed by atoms with Crippen molar-refractivity contribution in [2.75, 3.05) is 25.6 Å². The van der Waals surface area contributed by atoms with E-state index in [0.717, 1.165) is 5.56 Å². The number of nitrogens with one attached hydrogen (secondary N) is 1. The molecular formula is C17H19Cl2N2O2+. The highest BCUT2D eigenvalue weighted by molar-refractivity contribution is 6.35. The summed E-state index contributed by atoms with van der Waals surface area (Å²) in [6, 6.07) is 14.2. The van der Waals surface area contributed by atoms with Crippen molar-refractivity contribution in [3.05, 3.63) is 64.1 Å². The van der Waals surface area contributed by atoms with Crippen LogP contribution in [-0.2, 0) is 9.53 Å². The van der Waals surface area contributed by atoms with Gasteiger partial charge in [-0.15, -0.1) is 0 Å². The minimum Gasteiger partial charge on any atom is -0.379 e. The first-order valence-electron chi connectivity index (χ1n) is 7.24. The number of quaternary nitrogens is 1. The largest absolute Gasteiger partial charge is 0.379 e. The molecule has 0 fully saturated rings. The first-order chi connectivity index (χ1) is 11.1. The number of ether oxygens (including phenoxy) is 1. The average Bonchev–Trinajstić information content (AvgIpc) is 2.51. The second-order valence-corrected chi connectivity index (χ2v) is 5.93. The van der Waals surface area contributed by atoms with E-state index in [2.05, 4.69) is 5.32 Å². The monoisotopic (exact) mass is 353 g/mol. The van der Waals surface area contributed by atoms with Gasteiger partial charge in [0.2, 0.25) is 0 Å². The number of anilines is 1. The Kier molecular flexibility index (Phi) is 6.86. The van der Waals surface area contributed by atoms with E-state index in [1.165, 1.54) is 0 Å². The van der Waals surface area contributed by atoms with Gasteiger partial charge in [-0.05, 0) is 18.2 Å². The third-order valence-electron chi connectivity index (χ3n) is 3.30. The van der Waals surface area contributed by atoms with Crippen LogP contribution in [0.1, 0.15) is 11.6 Å². The van der Waals surface area contributed by atoms with Crippen molar-refractivity contribution >= 4 is 34.8 Å². The van der Waals surface area contributed by atoms with Gasteiger partial charge in [0.25, 0.3) is 5.91 Å². The summed E-state index contributed by atoms with van der Waals surface area (Å²) in [7, 11) is 1.64. The van der Waals surface area contributed by atoms with Gasteiger partial charge in [0.15, 0.2) is 6.04 Å². The van der Waals surface area contributed by atoms with Crippen LogP contribution in [0.25, 0.3) is 0 Å². The van der Waals surface area contributed by atoms with E-state index in [4.69, 9.17) is 27.9 Å². The van der Waals surface area contributed by atoms with Crippen LogP contribution in [0.5, 0.6) is 0 Å². The van der Waals surface area contributed by atoms with Crippen LogP contribution in [0.2, 0.25) is 10.0 Å². The molecular weight excluding hydrogens is 335 g/mol. The molecule has 0 saturated carbocycles. The van der Waals surface area contributed by atoms with Gasteiger partial charge in [0.05, 0.1) is 6.61 Å². The fourth-order valence-electron chi connectivity index (χ4n) is 2.25. The van der Waals surface area contributed by atoms with Crippen molar-refractivity contribution in [1.29, 1.82) is 0 Å². The number of nitrogens with two attached hydrogens (primary N) is 1. The van der Waals surface area contributed by atoms with Crippen molar-refractivity contribution in [1.82, 2.24) is 0 Å². The zero-order valence-electron chi connectivity index (χ0n) is 12.8. The quantitative estimate of drug-likeness (QED) is 0.752. The van der Waals surface area contributed by atoms with Crippen molar-refractivity contribution < 1.29 is 14.8 Å². The Labute approximate surface area is 145 Å². The maximum absolute atomic E-state index is 12.7. The molecule has 2 rings (SSSR count). The summed E-state index contributed by atoms with van der Waals surface area (Å²) in [5, 5.41) is 5.77. The summed E-state index contributed by atoms with van der Waals surface area (Å²) in [5.41, 5.74) is 1.50. The first-order valence-corrected chi connectivity index (χ1v) is 8.00. The summed E-state index contributed by atoms with van der Waals surface area (Å²) < 4.78 is 5.06. The Morgan fingerprint density at radius 3 is 2.43 bits per heavy atom. The lowest BCUT2D eigenvalue weighted by Gasteiger charge is -2.16. The summed E-state index contributed by atoms with van der Waals surface area (Å²) in [5.74, 6) is -0.134. The van der Waals surface area contributed by atoms with Crippen LogP contribution >= 0.6 is 23.2 Å². The van der Waals surface area contributed by atoms with E-state index in [0.29, 0.717) is 28.9 Å². The molecule has 0 unspecified atom stereocenters. The van der Waals surface area contributed by atoms with Gasteiger partial charge in [-0.2, -0.15) is 0 Å². The highest BCUT2D eigenvalue weighted by atomic mass is 35.5. The van der Waals surface area contributed by atoms with Crippen LogP contribution < -0.4 is 10.6 Å². The van der Waals surface area contributed by atoms with Gasteiger partial charge in [0.1, 0.15) is 6.54 Å². The van der Waals surface area contributed by atoms with Crippen LogP contribution in [0.3, 0.4) is 0 Å². The topological polar surface area (TPSA) is 54.9 Å². The molecule has 6 heteroatoms. The minimum atomic E-state index is -0.371. The predicted octanol–water partition coefficient (Wildman–Crippen LogP) is 2.88. The molecule has 0 spiro atoms. The normalized spacial score (nSPS) is 12.0. The fraction of sp³-hybridized carbons (Fsp3) is 0.235. The highest BCUT2D eigenvalue weighted by Gasteiger charge is 2.24. The second-order valence-electron chi connectivity index (χ2n) is 5.05. The molecule has 0 bridgehead atoms. The summed E-state index contributed by atoms with van der Waals surface area (Å²) >= 11 is 11.9. The van der Waals surface area contributed by atoms with Gasteiger partial charge >= 0.3 is 0 Å². The summed E-state index contributed by atoms with van der Waals surface area (Å²) in [4.78, 5) is 12.7. The Balaban J connectivity index is 2.15. The molecule has 0 aromatic heterocycles. The minimum absolute atomic E-state index is 0.134. The molecule has 0 aliphatic heterocycles. The standard InChI is InChI=1S/C17H18Cl2N2O2/c1-23-8-7-20-16(12-5-3-2-4-6-12)17(22)21-15-10-13(18)9-14(19)11-15/h2-6,9-11,16,20H,7-8H2,1H3,(H,21,22)/p+1/t16-/m0/s1. The Bertz CT molecular complexity index is 630. The molecule has 2 aromatic rings. The molecule has 0 aliphatic carbocycles. The van der Waals surface area contributed by atoms with Crippen LogP contribution in [0.15, 0.2) is 48.5 Å². The van der Waals surface area contributed by atoms with Crippen molar-refractivity contribution in [3.63, 3.8) is 0 Å². The lowest BCUT2D eigenvalue weighted by atomic mass is 10.1. The lowest BCUT2D eigenvalue weighted by molar-refractivity contribution is -0.683. The molecule has 3 N–H and O–H groups in total. The number of amides is 1. The van der Waals surface area contributed by atoms with Crippen LogP contribution in [0, 0.1) is 0 Å². The van der Waals surface area contributed by atoms with E-state index in [1.807, 2.05) is 35.6 Å². The SMILES string of the molecule is COCC[NH2+][C@H](C(=O)Nc1cc(Cl)cc(Cl)c1)c1ccccc1. The van der Waals surface area contributed by atoms with Gasteiger partial charge in [0, 0.05) is 28.4 Å². The number of hydrogen-bond donors (Lipinski definition) is 2. The number of hydrogen-bond acceptors (Lipinski definition) is 2. The van der Waals surface area contributed by atoms with Gasteiger partial charge in [-0.25, -0.2) is 0 Å². The van der Waals surface area contributed by atoms with E-state index in [9.17, 15) is 4.79 Å². The molecule has 0 aliphatic rings. The number of rotatable bonds is 7. The molecule has 2 aromatic carbocycles. The number of carbonyl (C=O) groups is 1. The Hall–Kier alpha value is -1.59. The number of carbonyl (C=O) groups excluding carboxylic acids is 1. The fourth-order valence-corrected chi connectivity index (χ4v) is 2.78. The van der Waals surface area contributed by atoms with E-state index in [-0.39, 0.29) is 11.9 Å². The molecule has 0 radical (unpaired) electrons. The number of methoxy groups -OCH3 is 1. The maximum Gasteiger partial charge on any atom is 0.287 e. The molecule has 122 valence electrons. The Morgan fingerprint density at radius 2 is 1.83 bits per heavy atom. The third kappa shape index (κ3) is 5.52. The zero-order chi connectivity index (χ0) is 16.7. The predicted molar refractivity (Wildman–Crippen MR) is 92.9 cm³/mol. The van der Waals surface area contributed by atoms with E-state index >= 15 is 0 Å². The Morgan fingerprint density at radius 1 is 1.17 bits per heavy atom. The third-order valence-corrected chi connectivity index (χ3v) is 3.73. The lowest BCUT2D eigenvalue weighted by Crippen LogP contribution is -2.88. The van der Waals surface area contributed by atoms with Crippen LogP contribution in [0.4, 0.5) is 5.69 Å². The smallest absolute Gasteiger partial charge is 0.287 e. The molecule has 0 saturated heterocycles. The number of halogens is 2. The molecule has 1 atom stereocenters. The van der Waals surface area contributed by atoms with Crippen LogP contribution in [-0.4, -0.2) is 26.2 Å². The van der Waals surface area contributed by atoms with E-state index in [1.54, 1.807) is 25.3 Å². The van der Waals surface area contributed by atoms with Gasteiger partial charge < -0.3 is 15.4 Å². The molecule has 4 nitrogen and oxygen atoms in total. The zero-order valence-corrected chi connectivity index (χ0v) is 14.3. The average molecular weight is 354 g/mol. The summed E-state index contributed by atoms with van der Waals surface area (Å²) in [6.45, 7) is 1.25. The first kappa shape index (κ1) is 17.8. The van der Waals surface area contributed by atoms with Gasteiger partial charge in [-0.1, -0.05) is 53.5 Å². The van der Waals surface area contributed by atoms with Gasteiger partial charge in [-0.3, -0.25) is 4.79 Å². The van der Waals surface area contributed by atoms with Crippen molar-refractivity contribution in [2.45, 2.75) is 6.04 Å². The molecule has 1 amide bonds. The number of benzene rings is 2. The summed E-state index contributed by atoms with van der Waals surface area (Å²) in [6.07, 6.45) is 0. The molecule has 23 heavy (non-hydrogen) atoms. The maximum atomic E-state index is 12.7. The van der Waals surface area contributed by atoms with E-state index < -0.39 is 0 Å². The second kappa shape index (κ2) is 8.89.